The molecule has 1 fully saturated rings. The first-order valence-corrected chi connectivity index (χ1v) is 10.0. The minimum Gasteiger partial charge on any atom is -0.494 e. The number of nitrogens with zero attached hydrogens (tertiary/aromatic N) is 2. The molecule has 2 aliphatic rings. The van der Waals surface area contributed by atoms with Crippen molar-refractivity contribution in [2.24, 2.45) is 0 Å². The van der Waals surface area contributed by atoms with Gasteiger partial charge in [-0.3, -0.25) is 4.90 Å². The number of ether oxygens (including phenoxy) is 2. The Morgan fingerprint density at radius 2 is 2.00 bits per heavy atom. The molecule has 29 heavy (non-hydrogen) atoms. The molecule has 0 bridgehead atoms. The number of hydrogen-bond donors (Lipinski definition) is 2. The Hall–Kier alpha value is -2.58. The maximum Gasteiger partial charge on any atom is 0.338 e. The Bertz CT molecular complexity index is 780. The van der Waals surface area contributed by atoms with Crippen LogP contribution < -0.4 is 15.4 Å². The van der Waals surface area contributed by atoms with Gasteiger partial charge in [0, 0.05) is 30.9 Å². The van der Waals surface area contributed by atoms with Crippen LogP contribution in [0.1, 0.15) is 24.9 Å². The van der Waals surface area contributed by atoms with Gasteiger partial charge >= 0.3 is 12.0 Å². The molecule has 2 amide bonds. The molecule has 2 heterocycles. The highest BCUT2D eigenvalue weighted by molar-refractivity contribution is 5.95. The first kappa shape index (κ1) is 21.1. The third kappa shape index (κ3) is 5.07. The van der Waals surface area contributed by atoms with Gasteiger partial charge in [0.1, 0.15) is 5.75 Å². The lowest BCUT2D eigenvalue weighted by molar-refractivity contribution is -0.136. The maximum atomic E-state index is 12.8. The number of hydrogen-bond acceptors (Lipinski definition) is 6. The molecule has 8 nitrogen and oxygen atoms in total. The number of methoxy groups -OCH3 is 1. The lowest BCUT2D eigenvalue weighted by Gasteiger charge is -2.32. The normalized spacial score (nSPS) is 21.2. The summed E-state index contributed by atoms with van der Waals surface area (Å²) in [6, 6.07) is 6.47. The summed E-state index contributed by atoms with van der Waals surface area (Å²) in [4.78, 5) is 29.8. The van der Waals surface area contributed by atoms with Crippen LogP contribution >= 0.6 is 0 Å². The highest BCUT2D eigenvalue weighted by Gasteiger charge is 2.35. The van der Waals surface area contributed by atoms with Gasteiger partial charge < -0.3 is 25.0 Å². The molecular formula is C21H30N4O4. The second-order valence-corrected chi connectivity index (χ2v) is 7.32. The van der Waals surface area contributed by atoms with Crippen molar-refractivity contribution in [1.29, 1.82) is 0 Å². The number of urea groups is 1. The zero-order valence-electron chi connectivity index (χ0n) is 17.4. The quantitative estimate of drug-likeness (QED) is 0.702. The zero-order valence-corrected chi connectivity index (χ0v) is 17.4. The Kier molecular flexibility index (Phi) is 7.11. The molecule has 0 spiro atoms. The molecule has 0 unspecified atom stereocenters. The first-order valence-electron chi connectivity index (χ1n) is 10.0. The molecule has 158 valence electrons. The predicted molar refractivity (Wildman–Crippen MR) is 110 cm³/mol. The number of rotatable bonds is 6. The molecule has 1 aromatic carbocycles. The SMILES string of the molecule is CCOc1ccccc1[C@H]1NC(=O)NC(CN2CCCN(C)CC2)=C1C(=O)OC. The fraction of sp³-hybridized carbons (Fsp3) is 0.524. The van der Waals surface area contributed by atoms with Crippen molar-refractivity contribution in [3.05, 3.63) is 41.1 Å². The molecule has 0 aliphatic carbocycles. The topological polar surface area (TPSA) is 83.1 Å². The van der Waals surface area contributed by atoms with E-state index in [0.29, 0.717) is 30.2 Å². The van der Waals surface area contributed by atoms with Crippen LogP contribution in [0.25, 0.3) is 0 Å². The summed E-state index contributed by atoms with van der Waals surface area (Å²) in [5.74, 6) is 0.176. The molecule has 8 heteroatoms. The number of esters is 1. The van der Waals surface area contributed by atoms with E-state index in [2.05, 4.69) is 27.5 Å². The van der Waals surface area contributed by atoms with Crippen molar-refractivity contribution in [2.45, 2.75) is 19.4 Å². The van der Waals surface area contributed by atoms with Gasteiger partial charge in [0.25, 0.3) is 0 Å². The molecule has 2 N–H and O–H groups in total. The average molecular weight is 402 g/mol. The third-order valence-electron chi connectivity index (χ3n) is 5.28. The second-order valence-electron chi connectivity index (χ2n) is 7.32. The zero-order chi connectivity index (χ0) is 20.8. The van der Waals surface area contributed by atoms with Crippen molar-refractivity contribution in [3.8, 4) is 5.75 Å². The Morgan fingerprint density at radius 3 is 2.76 bits per heavy atom. The van der Waals surface area contributed by atoms with E-state index in [1.54, 1.807) is 0 Å². The highest BCUT2D eigenvalue weighted by Crippen LogP contribution is 2.33. The fourth-order valence-electron chi connectivity index (χ4n) is 3.81. The van der Waals surface area contributed by atoms with Crippen LogP contribution in [0.4, 0.5) is 4.79 Å². The van der Waals surface area contributed by atoms with E-state index < -0.39 is 12.0 Å². The van der Waals surface area contributed by atoms with Gasteiger partial charge in [0.05, 0.1) is 25.3 Å². The molecule has 3 rings (SSSR count). The van der Waals surface area contributed by atoms with Crippen molar-refractivity contribution in [1.82, 2.24) is 20.4 Å². The van der Waals surface area contributed by atoms with Crippen molar-refractivity contribution in [3.63, 3.8) is 0 Å². The maximum absolute atomic E-state index is 12.8. The number of amides is 2. The lowest BCUT2D eigenvalue weighted by atomic mass is 9.94. The number of para-hydroxylation sites is 1. The predicted octanol–water partition coefficient (Wildman–Crippen LogP) is 1.50. The summed E-state index contributed by atoms with van der Waals surface area (Å²) >= 11 is 0. The Balaban J connectivity index is 1.98. The monoisotopic (exact) mass is 402 g/mol. The van der Waals surface area contributed by atoms with Crippen LogP contribution in [0, 0.1) is 0 Å². The summed E-state index contributed by atoms with van der Waals surface area (Å²) in [6.45, 7) is 6.64. The van der Waals surface area contributed by atoms with Crippen LogP contribution in [-0.2, 0) is 9.53 Å². The molecule has 0 radical (unpaired) electrons. The number of nitrogens with one attached hydrogen (secondary N) is 2. The minimum atomic E-state index is -0.636. The summed E-state index contributed by atoms with van der Waals surface area (Å²) < 4.78 is 10.8. The van der Waals surface area contributed by atoms with Crippen molar-refractivity contribution < 1.29 is 19.1 Å². The molecular weight excluding hydrogens is 372 g/mol. The van der Waals surface area contributed by atoms with E-state index >= 15 is 0 Å². The van der Waals surface area contributed by atoms with Crippen molar-refractivity contribution >= 4 is 12.0 Å². The van der Waals surface area contributed by atoms with Gasteiger partial charge in [-0.1, -0.05) is 18.2 Å². The Morgan fingerprint density at radius 1 is 1.21 bits per heavy atom. The van der Waals surface area contributed by atoms with E-state index in [4.69, 9.17) is 9.47 Å². The number of likely N-dealkylation sites (N-methyl/N-ethyl adjacent to an activating group) is 1. The van der Waals surface area contributed by atoms with E-state index in [0.717, 1.165) is 38.2 Å². The summed E-state index contributed by atoms with van der Waals surface area (Å²) in [5, 5.41) is 5.71. The van der Waals surface area contributed by atoms with Gasteiger partial charge in [-0.2, -0.15) is 0 Å². The van der Waals surface area contributed by atoms with Gasteiger partial charge in [0.15, 0.2) is 0 Å². The van der Waals surface area contributed by atoms with Crippen LogP contribution in [-0.4, -0.2) is 75.3 Å². The molecule has 1 saturated heterocycles. The third-order valence-corrected chi connectivity index (χ3v) is 5.28. The molecule has 0 aromatic heterocycles. The van der Waals surface area contributed by atoms with E-state index in [1.807, 2.05) is 31.2 Å². The first-order chi connectivity index (χ1) is 14.0. The fourth-order valence-corrected chi connectivity index (χ4v) is 3.81. The Labute approximate surface area is 171 Å². The standard InChI is InChI=1S/C21H30N4O4/c1-4-29-17-9-6-5-8-15(17)19-18(20(26)28-3)16(22-21(27)23-19)14-25-11-7-10-24(2)12-13-25/h5-6,8-9,19H,4,7,10-14H2,1-3H3,(H2,22,23,27)/t19-/m1/s1. The van der Waals surface area contributed by atoms with E-state index in [-0.39, 0.29) is 6.03 Å². The molecule has 1 aromatic rings. The number of carbonyl (C=O) groups is 2. The van der Waals surface area contributed by atoms with Crippen LogP contribution in [0.2, 0.25) is 0 Å². The summed E-state index contributed by atoms with van der Waals surface area (Å²) in [6.07, 6.45) is 1.04. The van der Waals surface area contributed by atoms with E-state index in [9.17, 15) is 9.59 Å². The lowest BCUT2D eigenvalue weighted by Crippen LogP contribution is -2.48. The van der Waals surface area contributed by atoms with Crippen molar-refractivity contribution in [2.75, 3.05) is 53.5 Å². The summed E-state index contributed by atoms with van der Waals surface area (Å²) in [7, 11) is 3.46. The highest BCUT2D eigenvalue weighted by atomic mass is 16.5. The number of carbonyl (C=O) groups excluding carboxylic acids is 2. The second kappa shape index (κ2) is 9.76. The van der Waals surface area contributed by atoms with Gasteiger partial charge in [-0.05, 0) is 39.5 Å². The minimum absolute atomic E-state index is 0.337. The molecule has 1 atom stereocenters. The smallest absolute Gasteiger partial charge is 0.338 e. The van der Waals surface area contributed by atoms with Gasteiger partial charge in [-0.25, -0.2) is 9.59 Å². The van der Waals surface area contributed by atoms with E-state index in [1.165, 1.54) is 7.11 Å². The van der Waals surface area contributed by atoms with Gasteiger partial charge in [-0.15, -0.1) is 0 Å². The largest absolute Gasteiger partial charge is 0.494 e. The van der Waals surface area contributed by atoms with Crippen LogP contribution in [0.5, 0.6) is 5.75 Å². The van der Waals surface area contributed by atoms with Crippen LogP contribution in [0.15, 0.2) is 35.5 Å². The van der Waals surface area contributed by atoms with Crippen LogP contribution in [0.3, 0.4) is 0 Å². The average Bonchev–Trinajstić information content (AvgIpc) is 2.92. The molecule has 2 aliphatic heterocycles. The summed E-state index contributed by atoms with van der Waals surface area (Å²) in [5.41, 5.74) is 1.73. The molecule has 0 saturated carbocycles. The number of benzene rings is 1. The van der Waals surface area contributed by atoms with Gasteiger partial charge in [0.2, 0.25) is 0 Å².